The van der Waals surface area contributed by atoms with E-state index >= 15 is 0 Å². The molecule has 1 aromatic rings. The van der Waals surface area contributed by atoms with E-state index in [0.29, 0.717) is 0 Å². The van der Waals surface area contributed by atoms with Crippen molar-refractivity contribution >= 4 is 10.3 Å². The Labute approximate surface area is 130 Å². The second kappa shape index (κ2) is 5.58. The van der Waals surface area contributed by atoms with Crippen LogP contribution in [-0.4, -0.2) is 36.3 Å². The molecule has 0 aromatic heterocycles. The standard InChI is InChI=1S/C15H21NO5S/c1-11-7-3-4-8-12(11)13-14(16(2)22(17,18)19)21-15(20-13)9-5-6-10-15/h3-4,7-8,13-14H,5-6,9-10H2,1-2H3,(H,17,18,19). The molecule has 0 amide bonds. The largest absolute Gasteiger partial charge is 0.338 e. The second-order valence-corrected chi connectivity index (χ2v) is 7.49. The predicted molar refractivity (Wildman–Crippen MR) is 80.4 cm³/mol. The number of aryl methyl sites for hydroxylation is 1. The van der Waals surface area contributed by atoms with Gasteiger partial charge in [0.2, 0.25) is 0 Å². The normalized spacial score (nSPS) is 27.8. The summed E-state index contributed by atoms with van der Waals surface area (Å²) in [7, 11) is -3.05. The van der Waals surface area contributed by atoms with Crippen molar-refractivity contribution in [2.24, 2.45) is 0 Å². The zero-order valence-electron chi connectivity index (χ0n) is 12.7. The van der Waals surface area contributed by atoms with E-state index in [4.69, 9.17) is 9.47 Å². The predicted octanol–water partition coefficient (Wildman–Crippen LogP) is 2.41. The van der Waals surface area contributed by atoms with Crippen molar-refractivity contribution < 1.29 is 22.4 Å². The van der Waals surface area contributed by atoms with Crippen molar-refractivity contribution in [1.29, 1.82) is 0 Å². The number of rotatable bonds is 3. The Balaban J connectivity index is 1.99. The third kappa shape index (κ3) is 2.79. The van der Waals surface area contributed by atoms with Crippen LogP contribution in [0.15, 0.2) is 24.3 Å². The topological polar surface area (TPSA) is 76.1 Å². The monoisotopic (exact) mass is 327 g/mol. The molecule has 1 aliphatic carbocycles. The molecule has 2 unspecified atom stereocenters. The zero-order valence-corrected chi connectivity index (χ0v) is 13.5. The van der Waals surface area contributed by atoms with Gasteiger partial charge in [-0.2, -0.15) is 12.7 Å². The molecule has 3 rings (SSSR count). The van der Waals surface area contributed by atoms with E-state index in [1.165, 1.54) is 7.05 Å². The molecule has 2 atom stereocenters. The summed E-state index contributed by atoms with van der Waals surface area (Å²) < 4.78 is 45.4. The van der Waals surface area contributed by atoms with E-state index in [2.05, 4.69) is 0 Å². The van der Waals surface area contributed by atoms with Crippen molar-refractivity contribution in [1.82, 2.24) is 4.31 Å². The molecule has 22 heavy (non-hydrogen) atoms. The lowest BCUT2D eigenvalue weighted by Gasteiger charge is -2.25. The minimum absolute atomic E-state index is 0.550. The molecule has 1 saturated heterocycles. The highest BCUT2D eigenvalue weighted by Crippen LogP contribution is 2.48. The molecule has 6 nitrogen and oxygen atoms in total. The summed E-state index contributed by atoms with van der Waals surface area (Å²) in [5.74, 6) is -0.740. The number of hydrogen-bond donors (Lipinski definition) is 1. The summed E-state index contributed by atoms with van der Waals surface area (Å²) in [6.07, 6.45) is 2.04. The van der Waals surface area contributed by atoms with E-state index in [0.717, 1.165) is 41.1 Å². The molecule has 1 aliphatic heterocycles. The summed E-state index contributed by atoms with van der Waals surface area (Å²) in [6, 6.07) is 7.66. The van der Waals surface area contributed by atoms with Crippen molar-refractivity contribution in [3.05, 3.63) is 35.4 Å². The summed E-state index contributed by atoms with van der Waals surface area (Å²) in [4.78, 5) is 0. The fraction of sp³-hybridized carbons (Fsp3) is 0.600. The molecular weight excluding hydrogens is 306 g/mol. The first-order chi connectivity index (χ1) is 10.3. The van der Waals surface area contributed by atoms with Crippen LogP contribution in [0, 0.1) is 6.92 Å². The van der Waals surface area contributed by atoms with Crippen molar-refractivity contribution in [2.45, 2.75) is 50.7 Å². The second-order valence-electron chi connectivity index (χ2n) is 6.02. The van der Waals surface area contributed by atoms with Crippen molar-refractivity contribution in [2.75, 3.05) is 7.05 Å². The highest BCUT2D eigenvalue weighted by atomic mass is 32.2. The highest BCUT2D eigenvalue weighted by Gasteiger charge is 2.52. The average molecular weight is 327 g/mol. The smallest absolute Gasteiger partial charge is 0.337 e. The van der Waals surface area contributed by atoms with Gasteiger partial charge in [0.05, 0.1) is 0 Å². The van der Waals surface area contributed by atoms with E-state index in [-0.39, 0.29) is 0 Å². The quantitative estimate of drug-likeness (QED) is 0.863. The van der Waals surface area contributed by atoms with Gasteiger partial charge in [0.1, 0.15) is 6.10 Å². The van der Waals surface area contributed by atoms with Gasteiger partial charge in [-0.3, -0.25) is 4.55 Å². The molecule has 1 heterocycles. The Morgan fingerprint density at radius 3 is 2.45 bits per heavy atom. The summed E-state index contributed by atoms with van der Waals surface area (Å²) in [6.45, 7) is 1.95. The van der Waals surface area contributed by atoms with E-state index in [9.17, 15) is 13.0 Å². The van der Waals surface area contributed by atoms with Gasteiger partial charge >= 0.3 is 10.3 Å². The molecule has 0 bridgehead atoms. The lowest BCUT2D eigenvalue weighted by atomic mass is 10.0. The Kier molecular flexibility index (Phi) is 4.03. The molecule has 1 spiro atoms. The van der Waals surface area contributed by atoms with Crippen molar-refractivity contribution in [3.8, 4) is 0 Å². The first kappa shape index (κ1) is 15.9. The average Bonchev–Trinajstić information content (AvgIpc) is 3.05. The highest BCUT2D eigenvalue weighted by molar-refractivity contribution is 7.83. The third-order valence-electron chi connectivity index (χ3n) is 4.52. The van der Waals surface area contributed by atoms with Crippen LogP contribution >= 0.6 is 0 Å². The van der Waals surface area contributed by atoms with Crippen LogP contribution in [0.4, 0.5) is 0 Å². The van der Waals surface area contributed by atoms with Crippen molar-refractivity contribution in [3.63, 3.8) is 0 Å². The number of nitrogens with zero attached hydrogens (tertiary/aromatic N) is 1. The molecule has 2 aliphatic rings. The van der Waals surface area contributed by atoms with Gasteiger partial charge in [0.15, 0.2) is 12.0 Å². The molecule has 7 heteroatoms. The van der Waals surface area contributed by atoms with E-state index < -0.39 is 28.4 Å². The van der Waals surface area contributed by atoms with E-state index in [1.54, 1.807) is 0 Å². The Morgan fingerprint density at radius 1 is 1.23 bits per heavy atom. The van der Waals surface area contributed by atoms with Crippen LogP contribution < -0.4 is 0 Å². The first-order valence-electron chi connectivity index (χ1n) is 7.44. The Hall–Kier alpha value is -0.990. The molecule has 1 aromatic carbocycles. The minimum atomic E-state index is -4.36. The summed E-state index contributed by atoms with van der Waals surface area (Å²) in [5, 5.41) is 0. The first-order valence-corrected chi connectivity index (χ1v) is 8.84. The van der Waals surface area contributed by atoms with Gasteiger partial charge in [0.25, 0.3) is 0 Å². The molecule has 0 radical (unpaired) electrons. The van der Waals surface area contributed by atoms with Gasteiger partial charge in [0, 0.05) is 19.9 Å². The van der Waals surface area contributed by atoms with Gasteiger partial charge in [-0.15, -0.1) is 0 Å². The van der Waals surface area contributed by atoms with Crippen LogP contribution in [0.3, 0.4) is 0 Å². The van der Waals surface area contributed by atoms with Crippen LogP contribution in [0.5, 0.6) is 0 Å². The van der Waals surface area contributed by atoms with E-state index in [1.807, 2.05) is 31.2 Å². The van der Waals surface area contributed by atoms with Crippen LogP contribution in [0.25, 0.3) is 0 Å². The molecule has 122 valence electrons. The molecule has 2 fully saturated rings. The summed E-state index contributed by atoms with van der Waals surface area (Å²) in [5.41, 5.74) is 1.88. The fourth-order valence-electron chi connectivity index (χ4n) is 3.27. The Bertz CT molecular complexity index is 654. The molecule has 1 saturated carbocycles. The summed E-state index contributed by atoms with van der Waals surface area (Å²) >= 11 is 0. The van der Waals surface area contributed by atoms with Crippen LogP contribution in [-0.2, 0) is 19.8 Å². The molecular formula is C15H21NO5S. The fourth-order valence-corrected chi connectivity index (χ4v) is 3.68. The van der Waals surface area contributed by atoms with Gasteiger partial charge in [-0.05, 0) is 30.9 Å². The van der Waals surface area contributed by atoms with Crippen LogP contribution in [0.1, 0.15) is 42.9 Å². The maximum absolute atomic E-state index is 11.5. The lowest BCUT2D eigenvalue weighted by Crippen LogP contribution is -2.40. The van der Waals surface area contributed by atoms with Crippen LogP contribution in [0.2, 0.25) is 0 Å². The third-order valence-corrected chi connectivity index (χ3v) is 5.45. The minimum Gasteiger partial charge on any atom is -0.338 e. The SMILES string of the molecule is Cc1ccccc1C1OC2(CCCC2)OC1N(C)S(=O)(=O)O. The lowest BCUT2D eigenvalue weighted by molar-refractivity contribution is -0.176. The number of benzene rings is 1. The maximum Gasteiger partial charge on any atom is 0.337 e. The van der Waals surface area contributed by atoms with Gasteiger partial charge in [-0.1, -0.05) is 24.3 Å². The van der Waals surface area contributed by atoms with Gasteiger partial charge in [-0.25, -0.2) is 0 Å². The zero-order chi connectivity index (χ0) is 16.0. The van der Waals surface area contributed by atoms with Gasteiger partial charge < -0.3 is 9.47 Å². The number of likely N-dealkylation sites (N-methyl/N-ethyl adjacent to an activating group) is 1. The number of ether oxygens (including phenoxy) is 2. The maximum atomic E-state index is 11.5. The molecule has 1 N–H and O–H groups in total. The Morgan fingerprint density at radius 2 is 1.86 bits per heavy atom. The number of hydrogen-bond acceptors (Lipinski definition) is 4.